The third-order valence-electron chi connectivity index (χ3n) is 3.47. The van der Waals surface area contributed by atoms with E-state index in [9.17, 15) is 9.59 Å². The number of carbonyl (C=O) groups excluding carboxylic acids is 2. The van der Waals surface area contributed by atoms with Crippen molar-refractivity contribution in [3.05, 3.63) is 58.1 Å². The van der Waals surface area contributed by atoms with Crippen molar-refractivity contribution in [1.29, 1.82) is 0 Å². The van der Waals surface area contributed by atoms with Gasteiger partial charge < -0.3 is 14.6 Å². The molecule has 0 unspecified atom stereocenters. The van der Waals surface area contributed by atoms with Crippen molar-refractivity contribution in [2.75, 3.05) is 5.32 Å². The summed E-state index contributed by atoms with van der Waals surface area (Å²) in [6, 6.07) is 12.4. The molecule has 0 aliphatic rings. The van der Waals surface area contributed by atoms with Gasteiger partial charge >= 0.3 is 5.97 Å². The van der Waals surface area contributed by atoms with E-state index in [1.807, 2.05) is 18.2 Å². The first-order chi connectivity index (χ1) is 12.4. The molecule has 8 heteroatoms. The summed E-state index contributed by atoms with van der Waals surface area (Å²) < 4.78 is 10.1. The van der Waals surface area contributed by atoms with Gasteiger partial charge in [0.2, 0.25) is 0 Å². The quantitative estimate of drug-likeness (QED) is 0.646. The largest absolute Gasteiger partial charge is 0.448 e. The third-order valence-corrected chi connectivity index (χ3v) is 4.83. The van der Waals surface area contributed by atoms with E-state index in [0.29, 0.717) is 15.7 Å². The number of anilines is 1. The van der Waals surface area contributed by atoms with E-state index < -0.39 is 18.0 Å². The number of halogens is 1. The summed E-state index contributed by atoms with van der Waals surface area (Å²) in [6.45, 7) is 3.20. The molecule has 0 aliphatic carbocycles. The molecule has 0 aliphatic heterocycles. The van der Waals surface area contributed by atoms with Crippen LogP contribution in [0.5, 0.6) is 0 Å². The lowest BCUT2D eigenvalue weighted by Crippen LogP contribution is -2.29. The first-order valence-corrected chi connectivity index (χ1v) is 8.93. The van der Waals surface area contributed by atoms with Gasteiger partial charge in [0.25, 0.3) is 5.91 Å². The minimum atomic E-state index is -0.972. The fraction of sp³-hybridized carbons (Fsp3) is 0.167. The molecule has 1 aromatic carbocycles. The fourth-order valence-corrected chi connectivity index (χ4v) is 3.16. The molecule has 6 nitrogen and oxygen atoms in total. The molecule has 1 atom stereocenters. The predicted octanol–water partition coefficient (Wildman–Crippen LogP) is 4.55. The maximum absolute atomic E-state index is 12.3. The Hall–Kier alpha value is -2.64. The molecule has 3 rings (SSSR count). The number of amides is 1. The van der Waals surface area contributed by atoms with Gasteiger partial charge in [0.05, 0.1) is 0 Å². The van der Waals surface area contributed by atoms with Crippen LogP contribution in [-0.2, 0) is 9.53 Å². The van der Waals surface area contributed by atoms with Gasteiger partial charge in [-0.25, -0.2) is 4.79 Å². The summed E-state index contributed by atoms with van der Waals surface area (Å²) in [7, 11) is 0. The minimum Gasteiger partial charge on any atom is -0.448 e. The Bertz CT molecular complexity index is 933. The van der Waals surface area contributed by atoms with Gasteiger partial charge in [-0.05, 0) is 43.7 Å². The Morgan fingerprint density at radius 1 is 1.23 bits per heavy atom. The standard InChI is InChI=1S/C18H15ClN2O4S/c1-10-9-16(21-25-10)20-17(22)11(2)24-18(23)15-8-7-14(26-15)12-3-5-13(19)6-4-12/h3-9,11H,1-2H3,(H,20,21,22)/t11-/m0/s1. The van der Waals surface area contributed by atoms with Crippen LogP contribution in [0.15, 0.2) is 47.0 Å². The number of rotatable bonds is 5. The van der Waals surface area contributed by atoms with Crippen LogP contribution in [0.3, 0.4) is 0 Å². The average Bonchev–Trinajstić information content (AvgIpc) is 3.25. The zero-order valence-electron chi connectivity index (χ0n) is 14.0. The van der Waals surface area contributed by atoms with Crippen LogP contribution in [0, 0.1) is 6.92 Å². The van der Waals surface area contributed by atoms with Crippen molar-refractivity contribution in [3.8, 4) is 10.4 Å². The molecule has 1 N–H and O–H groups in total. The zero-order valence-corrected chi connectivity index (χ0v) is 15.6. The van der Waals surface area contributed by atoms with Crippen molar-refractivity contribution in [1.82, 2.24) is 5.16 Å². The van der Waals surface area contributed by atoms with Crippen LogP contribution in [0.1, 0.15) is 22.4 Å². The zero-order chi connectivity index (χ0) is 18.7. The number of ether oxygens (including phenoxy) is 1. The number of aryl methyl sites for hydroxylation is 1. The second-order valence-electron chi connectivity index (χ2n) is 5.53. The molecule has 2 aromatic heterocycles. The lowest BCUT2D eigenvalue weighted by molar-refractivity contribution is -0.123. The smallest absolute Gasteiger partial charge is 0.349 e. The first kappa shape index (κ1) is 18.2. The van der Waals surface area contributed by atoms with Crippen molar-refractivity contribution < 1.29 is 18.8 Å². The van der Waals surface area contributed by atoms with Gasteiger partial charge in [0, 0.05) is 16.0 Å². The molecule has 26 heavy (non-hydrogen) atoms. The number of hydrogen-bond donors (Lipinski definition) is 1. The summed E-state index contributed by atoms with van der Waals surface area (Å²) in [5.41, 5.74) is 0.950. The molecule has 0 spiro atoms. The molecule has 2 heterocycles. The molecule has 134 valence electrons. The second kappa shape index (κ2) is 7.72. The normalized spacial score (nSPS) is 11.8. The Kier molecular flexibility index (Phi) is 5.39. The lowest BCUT2D eigenvalue weighted by Gasteiger charge is -2.11. The van der Waals surface area contributed by atoms with Gasteiger partial charge in [-0.3, -0.25) is 4.79 Å². The number of nitrogens with zero attached hydrogens (tertiary/aromatic N) is 1. The number of esters is 1. The SMILES string of the molecule is Cc1cc(NC(=O)[C@H](C)OC(=O)c2ccc(-c3ccc(Cl)cc3)s2)no1. The summed E-state index contributed by atoms with van der Waals surface area (Å²) in [5, 5.41) is 6.83. The highest BCUT2D eigenvalue weighted by molar-refractivity contribution is 7.17. The highest BCUT2D eigenvalue weighted by Gasteiger charge is 2.21. The highest BCUT2D eigenvalue weighted by Crippen LogP contribution is 2.29. The molecule has 0 bridgehead atoms. The minimum absolute atomic E-state index is 0.275. The van der Waals surface area contributed by atoms with Gasteiger partial charge in [0.15, 0.2) is 11.9 Å². The molecule has 0 fully saturated rings. The van der Waals surface area contributed by atoms with Crippen LogP contribution in [0.25, 0.3) is 10.4 Å². The van der Waals surface area contributed by atoms with Crippen LogP contribution < -0.4 is 5.32 Å². The summed E-state index contributed by atoms with van der Waals surface area (Å²) in [5.74, 6) is -0.204. The second-order valence-corrected chi connectivity index (χ2v) is 7.05. The van der Waals surface area contributed by atoms with Crippen LogP contribution in [-0.4, -0.2) is 23.1 Å². The predicted molar refractivity (Wildman–Crippen MR) is 99.5 cm³/mol. The summed E-state index contributed by atoms with van der Waals surface area (Å²) >= 11 is 7.17. The summed E-state index contributed by atoms with van der Waals surface area (Å²) in [6.07, 6.45) is -0.972. The number of benzene rings is 1. The molecule has 3 aromatic rings. The molecule has 0 radical (unpaired) electrons. The molecule has 0 saturated heterocycles. The number of nitrogens with one attached hydrogen (secondary N) is 1. The van der Waals surface area contributed by atoms with Crippen molar-refractivity contribution in [2.45, 2.75) is 20.0 Å². The number of aromatic nitrogens is 1. The Labute approximate surface area is 158 Å². The highest BCUT2D eigenvalue weighted by atomic mass is 35.5. The Morgan fingerprint density at radius 3 is 2.62 bits per heavy atom. The van der Waals surface area contributed by atoms with E-state index in [2.05, 4.69) is 10.5 Å². The van der Waals surface area contributed by atoms with E-state index in [0.717, 1.165) is 10.4 Å². The van der Waals surface area contributed by atoms with Crippen LogP contribution in [0.4, 0.5) is 5.82 Å². The van der Waals surface area contributed by atoms with E-state index in [4.69, 9.17) is 20.9 Å². The molecule has 1 amide bonds. The molecular formula is C18H15ClN2O4S. The first-order valence-electron chi connectivity index (χ1n) is 7.73. The van der Waals surface area contributed by atoms with Gasteiger partial charge in [0.1, 0.15) is 10.6 Å². The van der Waals surface area contributed by atoms with Crippen LogP contribution in [0.2, 0.25) is 5.02 Å². The molecular weight excluding hydrogens is 376 g/mol. The topological polar surface area (TPSA) is 81.4 Å². The number of carbonyl (C=O) groups is 2. The number of hydrogen-bond acceptors (Lipinski definition) is 6. The maximum Gasteiger partial charge on any atom is 0.349 e. The number of thiophene rings is 1. The molecule has 0 saturated carbocycles. The Balaban J connectivity index is 1.62. The van der Waals surface area contributed by atoms with E-state index in [1.54, 1.807) is 31.2 Å². The maximum atomic E-state index is 12.3. The van der Waals surface area contributed by atoms with E-state index >= 15 is 0 Å². The van der Waals surface area contributed by atoms with Gasteiger partial charge in [-0.2, -0.15) is 0 Å². The van der Waals surface area contributed by atoms with Crippen LogP contribution >= 0.6 is 22.9 Å². The summed E-state index contributed by atoms with van der Waals surface area (Å²) in [4.78, 5) is 25.7. The van der Waals surface area contributed by atoms with E-state index in [-0.39, 0.29) is 5.82 Å². The van der Waals surface area contributed by atoms with Gasteiger partial charge in [-0.15, -0.1) is 11.3 Å². The fourth-order valence-electron chi connectivity index (χ4n) is 2.14. The third kappa shape index (κ3) is 4.30. The van der Waals surface area contributed by atoms with Crippen molar-refractivity contribution in [3.63, 3.8) is 0 Å². The van der Waals surface area contributed by atoms with Crippen molar-refractivity contribution in [2.24, 2.45) is 0 Å². The van der Waals surface area contributed by atoms with Gasteiger partial charge in [-0.1, -0.05) is 28.9 Å². The average molecular weight is 391 g/mol. The lowest BCUT2D eigenvalue weighted by atomic mass is 10.2. The van der Waals surface area contributed by atoms with E-state index in [1.165, 1.54) is 18.3 Å². The monoisotopic (exact) mass is 390 g/mol. The van der Waals surface area contributed by atoms with Crippen molar-refractivity contribution >= 4 is 40.6 Å². The Morgan fingerprint density at radius 2 is 1.96 bits per heavy atom.